The summed E-state index contributed by atoms with van der Waals surface area (Å²) in [5.41, 5.74) is 5.11. The Morgan fingerprint density at radius 2 is 1.92 bits per heavy atom. The van der Waals surface area contributed by atoms with Gasteiger partial charge in [-0.3, -0.25) is 14.6 Å². The van der Waals surface area contributed by atoms with Crippen molar-refractivity contribution >= 4 is 5.78 Å². The molecule has 136 valence electrons. The molecule has 1 fully saturated rings. The van der Waals surface area contributed by atoms with Crippen LogP contribution in [0.3, 0.4) is 0 Å². The minimum absolute atomic E-state index is 0.148. The SMILES string of the molecule is CC(=O)c1cccc(CN2CCCC(N3CCc4ccccc4C3)C2)c1. The van der Waals surface area contributed by atoms with E-state index in [1.807, 2.05) is 12.1 Å². The number of Topliss-reactive ketones (excluding diaryl/α,β-unsaturated/α-hetero) is 1. The second-order valence-electron chi connectivity index (χ2n) is 7.78. The van der Waals surface area contributed by atoms with E-state index in [9.17, 15) is 4.79 Å². The molecule has 0 bridgehead atoms. The quantitative estimate of drug-likeness (QED) is 0.783. The van der Waals surface area contributed by atoms with Crippen molar-refractivity contribution in [2.75, 3.05) is 19.6 Å². The fraction of sp³-hybridized carbons (Fsp3) is 0.435. The number of benzene rings is 2. The predicted molar refractivity (Wildman–Crippen MR) is 105 cm³/mol. The number of carbonyl (C=O) groups is 1. The largest absolute Gasteiger partial charge is 0.298 e. The molecule has 0 radical (unpaired) electrons. The molecule has 2 aromatic carbocycles. The summed E-state index contributed by atoms with van der Waals surface area (Å²) in [5.74, 6) is 0.148. The van der Waals surface area contributed by atoms with Crippen LogP contribution in [0.4, 0.5) is 0 Å². The molecule has 1 unspecified atom stereocenters. The van der Waals surface area contributed by atoms with Crippen molar-refractivity contribution in [1.82, 2.24) is 9.80 Å². The van der Waals surface area contributed by atoms with Crippen molar-refractivity contribution in [2.45, 2.75) is 45.3 Å². The van der Waals surface area contributed by atoms with Crippen molar-refractivity contribution in [2.24, 2.45) is 0 Å². The molecule has 2 heterocycles. The van der Waals surface area contributed by atoms with Gasteiger partial charge in [0.2, 0.25) is 0 Å². The number of ketones is 1. The summed E-state index contributed by atoms with van der Waals surface area (Å²) in [5, 5.41) is 0. The second kappa shape index (κ2) is 7.73. The Hall–Kier alpha value is -1.97. The molecular weight excluding hydrogens is 320 g/mol. The fourth-order valence-electron chi connectivity index (χ4n) is 4.45. The van der Waals surface area contributed by atoms with Crippen LogP contribution in [0.25, 0.3) is 0 Å². The van der Waals surface area contributed by atoms with Crippen molar-refractivity contribution in [3.05, 3.63) is 70.8 Å². The lowest BCUT2D eigenvalue weighted by Crippen LogP contribution is -2.49. The number of fused-ring (bicyclic) bond motifs is 1. The zero-order valence-electron chi connectivity index (χ0n) is 15.7. The lowest BCUT2D eigenvalue weighted by Gasteiger charge is -2.41. The van der Waals surface area contributed by atoms with E-state index in [-0.39, 0.29) is 5.78 Å². The van der Waals surface area contributed by atoms with E-state index in [1.165, 1.54) is 42.5 Å². The van der Waals surface area contributed by atoms with Crippen LogP contribution in [0, 0.1) is 0 Å². The maximum absolute atomic E-state index is 11.6. The van der Waals surface area contributed by atoms with Crippen LogP contribution in [0.1, 0.15) is 46.8 Å². The predicted octanol–water partition coefficient (Wildman–Crippen LogP) is 3.91. The third kappa shape index (κ3) is 3.89. The lowest BCUT2D eigenvalue weighted by atomic mass is 9.95. The number of carbonyl (C=O) groups excluding carboxylic acids is 1. The second-order valence-corrected chi connectivity index (χ2v) is 7.78. The summed E-state index contributed by atoms with van der Waals surface area (Å²) < 4.78 is 0. The molecule has 2 aliphatic heterocycles. The minimum atomic E-state index is 0.148. The summed E-state index contributed by atoms with van der Waals surface area (Å²) >= 11 is 0. The van der Waals surface area contributed by atoms with E-state index in [0.717, 1.165) is 31.7 Å². The van der Waals surface area contributed by atoms with E-state index < -0.39 is 0 Å². The van der Waals surface area contributed by atoms with Gasteiger partial charge in [-0.2, -0.15) is 0 Å². The van der Waals surface area contributed by atoms with Gasteiger partial charge in [-0.05, 0) is 55.5 Å². The van der Waals surface area contributed by atoms with Gasteiger partial charge >= 0.3 is 0 Å². The third-order valence-electron chi connectivity index (χ3n) is 5.90. The smallest absolute Gasteiger partial charge is 0.159 e. The van der Waals surface area contributed by atoms with E-state index in [0.29, 0.717) is 6.04 Å². The molecule has 0 aromatic heterocycles. The van der Waals surface area contributed by atoms with Crippen LogP contribution in [-0.4, -0.2) is 41.3 Å². The molecule has 2 aliphatic rings. The first kappa shape index (κ1) is 17.4. The Bertz CT molecular complexity index is 785. The number of hydrogen-bond donors (Lipinski definition) is 0. The molecular formula is C23H28N2O. The molecule has 3 nitrogen and oxygen atoms in total. The first-order valence-electron chi connectivity index (χ1n) is 9.82. The Labute approximate surface area is 156 Å². The first-order valence-corrected chi connectivity index (χ1v) is 9.82. The first-order chi connectivity index (χ1) is 12.7. The van der Waals surface area contributed by atoms with Crippen molar-refractivity contribution in [3.63, 3.8) is 0 Å². The Kier molecular flexibility index (Phi) is 5.18. The molecule has 1 saturated heterocycles. The molecule has 2 aromatic rings. The maximum atomic E-state index is 11.6. The number of likely N-dealkylation sites (tertiary alicyclic amines) is 1. The van der Waals surface area contributed by atoms with Gasteiger partial charge in [0, 0.05) is 37.8 Å². The molecule has 0 amide bonds. The van der Waals surface area contributed by atoms with Crippen molar-refractivity contribution in [1.29, 1.82) is 0 Å². The Morgan fingerprint density at radius 3 is 2.77 bits per heavy atom. The van der Waals surface area contributed by atoms with Crippen molar-refractivity contribution < 1.29 is 4.79 Å². The normalized spacial score (nSPS) is 21.3. The molecule has 0 saturated carbocycles. The highest BCUT2D eigenvalue weighted by Gasteiger charge is 2.27. The van der Waals surface area contributed by atoms with Gasteiger partial charge < -0.3 is 0 Å². The fourth-order valence-corrected chi connectivity index (χ4v) is 4.45. The molecule has 0 spiro atoms. The van der Waals surface area contributed by atoms with Gasteiger partial charge in [-0.1, -0.05) is 42.5 Å². The number of piperidine rings is 1. The monoisotopic (exact) mass is 348 g/mol. The van der Waals surface area contributed by atoms with E-state index in [4.69, 9.17) is 0 Å². The summed E-state index contributed by atoms with van der Waals surface area (Å²) in [6.07, 6.45) is 3.73. The third-order valence-corrected chi connectivity index (χ3v) is 5.90. The van der Waals surface area contributed by atoms with Crippen LogP contribution in [-0.2, 0) is 19.5 Å². The minimum Gasteiger partial charge on any atom is -0.298 e. The maximum Gasteiger partial charge on any atom is 0.159 e. The van der Waals surface area contributed by atoms with Crippen LogP contribution in [0.5, 0.6) is 0 Å². The highest BCUT2D eigenvalue weighted by Crippen LogP contribution is 2.25. The van der Waals surface area contributed by atoms with Crippen LogP contribution in [0.2, 0.25) is 0 Å². The summed E-state index contributed by atoms with van der Waals surface area (Å²) in [6, 6.07) is 17.7. The topological polar surface area (TPSA) is 23.6 Å². The van der Waals surface area contributed by atoms with Crippen LogP contribution >= 0.6 is 0 Å². The Morgan fingerprint density at radius 1 is 1.08 bits per heavy atom. The van der Waals surface area contributed by atoms with Gasteiger partial charge in [0.05, 0.1) is 0 Å². The van der Waals surface area contributed by atoms with E-state index in [1.54, 1.807) is 6.92 Å². The average Bonchev–Trinajstić information content (AvgIpc) is 2.68. The van der Waals surface area contributed by atoms with E-state index >= 15 is 0 Å². The lowest BCUT2D eigenvalue weighted by molar-refractivity contribution is 0.0838. The van der Waals surface area contributed by atoms with Gasteiger partial charge in [0.1, 0.15) is 0 Å². The molecule has 0 aliphatic carbocycles. The molecule has 4 rings (SSSR count). The van der Waals surface area contributed by atoms with Gasteiger partial charge in [0.25, 0.3) is 0 Å². The molecule has 1 atom stereocenters. The number of hydrogen-bond acceptors (Lipinski definition) is 3. The van der Waals surface area contributed by atoms with Gasteiger partial charge in [-0.15, -0.1) is 0 Å². The molecule has 0 N–H and O–H groups in total. The van der Waals surface area contributed by atoms with Gasteiger partial charge in [-0.25, -0.2) is 0 Å². The number of rotatable bonds is 4. The zero-order valence-corrected chi connectivity index (χ0v) is 15.7. The van der Waals surface area contributed by atoms with Crippen molar-refractivity contribution in [3.8, 4) is 0 Å². The van der Waals surface area contributed by atoms with Crippen LogP contribution < -0.4 is 0 Å². The zero-order chi connectivity index (χ0) is 17.9. The highest BCUT2D eigenvalue weighted by molar-refractivity contribution is 5.94. The van der Waals surface area contributed by atoms with Crippen LogP contribution in [0.15, 0.2) is 48.5 Å². The highest BCUT2D eigenvalue weighted by atomic mass is 16.1. The van der Waals surface area contributed by atoms with Gasteiger partial charge in [0.15, 0.2) is 5.78 Å². The summed E-state index contributed by atoms with van der Waals surface area (Å²) in [6.45, 7) is 7.15. The Balaban J connectivity index is 1.40. The average molecular weight is 348 g/mol. The summed E-state index contributed by atoms with van der Waals surface area (Å²) in [7, 11) is 0. The summed E-state index contributed by atoms with van der Waals surface area (Å²) in [4.78, 5) is 16.9. The standard InChI is InChI=1S/C23H28N2O/c1-18(26)21-9-4-6-19(14-21)15-24-12-5-10-23(17-24)25-13-11-20-7-2-3-8-22(20)16-25/h2-4,6-9,14,23H,5,10-13,15-17H2,1H3. The molecule has 26 heavy (non-hydrogen) atoms. The number of nitrogens with zero attached hydrogens (tertiary/aromatic N) is 2. The van der Waals surface area contributed by atoms with E-state index in [2.05, 4.69) is 46.2 Å². The molecule has 3 heteroatoms.